The number of aryl methyl sites for hydroxylation is 1. The molecule has 0 unspecified atom stereocenters. The Hall–Kier alpha value is -0.890. The normalized spacial score (nSPS) is 20.7. The Morgan fingerprint density at radius 3 is 2.64 bits per heavy atom. The van der Waals surface area contributed by atoms with Gasteiger partial charge >= 0.3 is 0 Å². The summed E-state index contributed by atoms with van der Waals surface area (Å²) in [5.74, 6) is 0. The second kappa shape index (κ2) is 3.70. The molecule has 1 aromatic heterocycles. The number of nitrogens with zero attached hydrogens (tertiary/aromatic N) is 1. The minimum absolute atomic E-state index is 0.578. The van der Waals surface area contributed by atoms with Gasteiger partial charge in [-0.15, -0.1) is 0 Å². The molecule has 2 rings (SSSR count). The minimum Gasteiger partial charge on any atom is -0.385 e. The van der Waals surface area contributed by atoms with E-state index in [4.69, 9.17) is 0 Å². The van der Waals surface area contributed by atoms with Crippen LogP contribution in [0.1, 0.15) is 43.2 Å². The molecule has 2 nitrogen and oxygen atoms in total. The predicted molar refractivity (Wildman–Crippen MR) is 56.0 cm³/mol. The van der Waals surface area contributed by atoms with Gasteiger partial charge in [0.1, 0.15) is 0 Å². The Morgan fingerprint density at radius 2 is 2.00 bits per heavy atom. The third-order valence-electron chi connectivity index (χ3n) is 3.20. The fourth-order valence-electron chi connectivity index (χ4n) is 2.40. The summed E-state index contributed by atoms with van der Waals surface area (Å²) < 4.78 is 0. The number of hydrogen-bond acceptors (Lipinski definition) is 2. The first-order valence-corrected chi connectivity index (χ1v) is 5.36. The Morgan fingerprint density at radius 1 is 1.29 bits per heavy atom. The molecule has 0 radical (unpaired) electrons. The molecule has 1 aliphatic rings. The first-order valence-electron chi connectivity index (χ1n) is 5.36. The van der Waals surface area contributed by atoms with Crippen LogP contribution in [0.2, 0.25) is 0 Å². The lowest BCUT2D eigenvalue weighted by Crippen LogP contribution is -2.29. The third-order valence-corrected chi connectivity index (χ3v) is 3.20. The standard InChI is InChI=1S/C12H17NO/c1-10-9-13-8-5-11(10)12(14)6-3-2-4-7-12/h5,8-9,14H,2-4,6-7H2,1H3. The van der Waals surface area contributed by atoms with Crippen molar-refractivity contribution in [2.45, 2.75) is 44.6 Å². The second-order valence-electron chi connectivity index (χ2n) is 4.28. The highest BCUT2D eigenvalue weighted by atomic mass is 16.3. The van der Waals surface area contributed by atoms with Gasteiger partial charge in [-0.1, -0.05) is 19.3 Å². The summed E-state index contributed by atoms with van der Waals surface area (Å²) in [6.45, 7) is 2.02. The lowest BCUT2D eigenvalue weighted by Gasteiger charge is -2.33. The van der Waals surface area contributed by atoms with Crippen LogP contribution in [0.15, 0.2) is 18.5 Å². The molecule has 0 aliphatic heterocycles. The Balaban J connectivity index is 2.32. The van der Waals surface area contributed by atoms with E-state index in [2.05, 4.69) is 4.98 Å². The van der Waals surface area contributed by atoms with Crippen LogP contribution in [-0.4, -0.2) is 10.1 Å². The molecule has 0 aromatic carbocycles. The number of hydrogen-bond donors (Lipinski definition) is 1. The van der Waals surface area contributed by atoms with Gasteiger partial charge in [-0.3, -0.25) is 4.98 Å². The van der Waals surface area contributed by atoms with Crippen molar-refractivity contribution in [1.29, 1.82) is 0 Å². The predicted octanol–water partition coefficient (Wildman–Crippen LogP) is 2.54. The summed E-state index contributed by atoms with van der Waals surface area (Å²) in [6.07, 6.45) is 8.94. The zero-order chi connectivity index (χ0) is 10.0. The Labute approximate surface area is 85.0 Å². The minimum atomic E-state index is -0.578. The molecule has 0 bridgehead atoms. The molecule has 1 aliphatic carbocycles. The van der Waals surface area contributed by atoms with Crippen molar-refractivity contribution in [1.82, 2.24) is 4.98 Å². The number of aromatic nitrogens is 1. The second-order valence-corrected chi connectivity index (χ2v) is 4.28. The molecule has 0 spiro atoms. The molecule has 1 saturated carbocycles. The van der Waals surface area contributed by atoms with E-state index in [9.17, 15) is 5.11 Å². The molecule has 1 heterocycles. The van der Waals surface area contributed by atoms with Crippen LogP contribution >= 0.6 is 0 Å². The summed E-state index contributed by atoms with van der Waals surface area (Å²) in [7, 11) is 0. The van der Waals surface area contributed by atoms with Crippen molar-refractivity contribution in [3.8, 4) is 0 Å². The summed E-state index contributed by atoms with van der Waals surface area (Å²) in [4.78, 5) is 4.06. The fraction of sp³-hybridized carbons (Fsp3) is 0.583. The summed E-state index contributed by atoms with van der Waals surface area (Å²) in [6, 6.07) is 1.96. The highest BCUT2D eigenvalue weighted by Gasteiger charge is 2.32. The molecule has 14 heavy (non-hydrogen) atoms. The van der Waals surface area contributed by atoms with Gasteiger partial charge in [0.05, 0.1) is 5.60 Å². The molecule has 2 heteroatoms. The summed E-state index contributed by atoms with van der Waals surface area (Å²) >= 11 is 0. The van der Waals surface area contributed by atoms with E-state index in [1.807, 2.05) is 19.2 Å². The first kappa shape index (κ1) is 9.66. The zero-order valence-electron chi connectivity index (χ0n) is 8.66. The van der Waals surface area contributed by atoms with Gasteiger partial charge in [0.15, 0.2) is 0 Å². The monoisotopic (exact) mass is 191 g/mol. The van der Waals surface area contributed by atoms with E-state index in [1.54, 1.807) is 6.20 Å². The highest BCUT2D eigenvalue weighted by Crippen LogP contribution is 2.37. The van der Waals surface area contributed by atoms with E-state index in [0.717, 1.165) is 36.8 Å². The SMILES string of the molecule is Cc1cnccc1C1(O)CCCCC1. The van der Waals surface area contributed by atoms with E-state index in [-0.39, 0.29) is 0 Å². The van der Waals surface area contributed by atoms with Crippen LogP contribution in [0.3, 0.4) is 0 Å². The molecule has 76 valence electrons. The number of aliphatic hydroxyl groups is 1. The highest BCUT2D eigenvalue weighted by molar-refractivity contribution is 5.28. The van der Waals surface area contributed by atoms with Gasteiger partial charge in [0.2, 0.25) is 0 Å². The van der Waals surface area contributed by atoms with Crippen LogP contribution in [0, 0.1) is 6.92 Å². The average Bonchev–Trinajstić information content (AvgIpc) is 2.19. The molecular weight excluding hydrogens is 174 g/mol. The van der Waals surface area contributed by atoms with Crippen LogP contribution in [0.25, 0.3) is 0 Å². The summed E-state index contributed by atoms with van der Waals surface area (Å²) in [5, 5.41) is 10.5. The van der Waals surface area contributed by atoms with Crippen LogP contribution in [-0.2, 0) is 5.60 Å². The van der Waals surface area contributed by atoms with Gasteiger partial charge in [-0.05, 0) is 37.0 Å². The molecule has 0 saturated heterocycles. The van der Waals surface area contributed by atoms with E-state index >= 15 is 0 Å². The lowest BCUT2D eigenvalue weighted by atomic mass is 9.78. The molecule has 1 N–H and O–H groups in total. The van der Waals surface area contributed by atoms with Gasteiger partial charge in [0, 0.05) is 12.4 Å². The molecular formula is C12H17NO. The average molecular weight is 191 g/mol. The van der Waals surface area contributed by atoms with Gasteiger partial charge in [-0.2, -0.15) is 0 Å². The van der Waals surface area contributed by atoms with Gasteiger partial charge in [0.25, 0.3) is 0 Å². The van der Waals surface area contributed by atoms with Crippen LogP contribution < -0.4 is 0 Å². The molecule has 1 fully saturated rings. The molecule has 0 atom stereocenters. The van der Waals surface area contributed by atoms with Crippen LogP contribution in [0.5, 0.6) is 0 Å². The van der Waals surface area contributed by atoms with E-state index in [0.29, 0.717) is 0 Å². The molecule has 0 amide bonds. The smallest absolute Gasteiger partial charge is 0.0900 e. The van der Waals surface area contributed by atoms with Crippen molar-refractivity contribution < 1.29 is 5.11 Å². The number of rotatable bonds is 1. The first-order chi connectivity index (χ1) is 6.72. The topological polar surface area (TPSA) is 33.1 Å². The zero-order valence-corrected chi connectivity index (χ0v) is 8.66. The van der Waals surface area contributed by atoms with Gasteiger partial charge in [-0.25, -0.2) is 0 Å². The van der Waals surface area contributed by atoms with Gasteiger partial charge < -0.3 is 5.11 Å². The van der Waals surface area contributed by atoms with Crippen molar-refractivity contribution in [2.75, 3.05) is 0 Å². The fourth-order valence-corrected chi connectivity index (χ4v) is 2.40. The largest absolute Gasteiger partial charge is 0.385 e. The number of pyridine rings is 1. The van der Waals surface area contributed by atoms with Crippen molar-refractivity contribution in [3.63, 3.8) is 0 Å². The molecule has 1 aromatic rings. The lowest BCUT2D eigenvalue weighted by molar-refractivity contribution is -0.00125. The Kier molecular flexibility index (Phi) is 2.55. The quantitative estimate of drug-likeness (QED) is 0.740. The summed E-state index contributed by atoms with van der Waals surface area (Å²) in [5.41, 5.74) is 1.61. The van der Waals surface area contributed by atoms with Crippen molar-refractivity contribution in [2.24, 2.45) is 0 Å². The van der Waals surface area contributed by atoms with Crippen molar-refractivity contribution in [3.05, 3.63) is 29.6 Å². The van der Waals surface area contributed by atoms with Crippen molar-refractivity contribution >= 4 is 0 Å². The van der Waals surface area contributed by atoms with Crippen LogP contribution in [0.4, 0.5) is 0 Å². The maximum absolute atomic E-state index is 10.5. The van der Waals surface area contributed by atoms with E-state index in [1.165, 1.54) is 6.42 Å². The Bertz CT molecular complexity index is 316. The third kappa shape index (κ3) is 1.67. The van der Waals surface area contributed by atoms with E-state index < -0.39 is 5.60 Å². The maximum Gasteiger partial charge on any atom is 0.0900 e. The maximum atomic E-state index is 10.5.